The van der Waals surface area contributed by atoms with Gasteiger partial charge in [-0.3, -0.25) is 9.78 Å². The van der Waals surface area contributed by atoms with E-state index >= 15 is 0 Å². The van der Waals surface area contributed by atoms with E-state index in [2.05, 4.69) is 10.3 Å². The largest absolute Gasteiger partial charge is 0.397 e. The van der Waals surface area contributed by atoms with Crippen LogP contribution in [0.5, 0.6) is 0 Å². The van der Waals surface area contributed by atoms with Gasteiger partial charge in [-0.15, -0.1) is 0 Å². The highest BCUT2D eigenvalue weighted by molar-refractivity contribution is 5.78. The summed E-state index contributed by atoms with van der Waals surface area (Å²) in [6.45, 7) is 0.574. The second kappa shape index (κ2) is 5.98. The molecular weight excluding hydrogens is 194 g/mol. The molecule has 0 aliphatic rings. The van der Waals surface area contributed by atoms with Crippen molar-refractivity contribution in [2.45, 2.75) is 12.8 Å². The van der Waals surface area contributed by atoms with Crippen molar-refractivity contribution in [1.29, 1.82) is 0 Å². The fourth-order valence-corrected chi connectivity index (χ4v) is 1.07. The van der Waals surface area contributed by atoms with E-state index in [9.17, 15) is 4.79 Å². The molecule has 0 unspecified atom stereocenters. The summed E-state index contributed by atoms with van der Waals surface area (Å²) in [6, 6.07) is 3.43. The smallest absolute Gasteiger partial charge is 0.226 e. The number of aliphatic hydroxyl groups excluding tert-OH is 1. The monoisotopic (exact) mass is 209 g/mol. The normalized spacial score (nSPS) is 9.93. The third-order valence-electron chi connectivity index (χ3n) is 1.85. The molecule has 0 atom stereocenters. The lowest BCUT2D eigenvalue weighted by atomic mass is 10.2. The fraction of sp³-hybridized carbons (Fsp3) is 0.400. The first-order valence-electron chi connectivity index (χ1n) is 4.80. The highest BCUT2D eigenvalue weighted by atomic mass is 16.3. The van der Waals surface area contributed by atoms with Gasteiger partial charge in [0, 0.05) is 18.8 Å². The van der Waals surface area contributed by atoms with Crippen LogP contribution in [-0.4, -0.2) is 29.1 Å². The predicted molar refractivity (Wildman–Crippen MR) is 57.1 cm³/mol. The molecule has 1 aromatic heterocycles. The standard InChI is InChI=1S/C10H15N3O2/c11-8-2-3-9(13-7-8)6-10(15)12-4-1-5-14/h2-3,7,14H,1,4-6,11H2,(H,12,15). The first-order chi connectivity index (χ1) is 7.22. The number of pyridine rings is 1. The molecular formula is C10H15N3O2. The summed E-state index contributed by atoms with van der Waals surface area (Å²) in [4.78, 5) is 15.3. The van der Waals surface area contributed by atoms with Crippen molar-refractivity contribution in [2.75, 3.05) is 18.9 Å². The van der Waals surface area contributed by atoms with Gasteiger partial charge in [-0.05, 0) is 18.6 Å². The second-order valence-corrected chi connectivity index (χ2v) is 3.19. The van der Waals surface area contributed by atoms with Crippen LogP contribution in [0.4, 0.5) is 5.69 Å². The number of nitrogens with two attached hydrogens (primary N) is 1. The first kappa shape index (κ1) is 11.5. The van der Waals surface area contributed by atoms with E-state index in [1.54, 1.807) is 12.1 Å². The van der Waals surface area contributed by atoms with Crippen molar-refractivity contribution < 1.29 is 9.90 Å². The second-order valence-electron chi connectivity index (χ2n) is 3.19. The summed E-state index contributed by atoms with van der Waals surface area (Å²) in [5, 5.41) is 11.2. The van der Waals surface area contributed by atoms with Gasteiger partial charge in [-0.1, -0.05) is 0 Å². The lowest BCUT2D eigenvalue weighted by Gasteiger charge is -2.03. The first-order valence-corrected chi connectivity index (χ1v) is 4.80. The van der Waals surface area contributed by atoms with Crippen molar-refractivity contribution >= 4 is 11.6 Å². The zero-order chi connectivity index (χ0) is 11.1. The summed E-state index contributed by atoms with van der Waals surface area (Å²) >= 11 is 0. The summed E-state index contributed by atoms with van der Waals surface area (Å²) in [5.74, 6) is -0.0966. The van der Waals surface area contributed by atoms with Crippen LogP contribution < -0.4 is 11.1 Å². The minimum Gasteiger partial charge on any atom is -0.397 e. The number of aromatic nitrogens is 1. The summed E-state index contributed by atoms with van der Waals surface area (Å²) in [5.41, 5.74) is 6.73. The summed E-state index contributed by atoms with van der Waals surface area (Å²) in [7, 11) is 0. The van der Waals surface area contributed by atoms with Gasteiger partial charge in [-0.25, -0.2) is 0 Å². The Morgan fingerprint density at radius 1 is 1.53 bits per heavy atom. The number of nitrogen functional groups attached to an aromatic ring is 1. The predicted octanol–water partition coefficient (Wildman–Crippen LogP) is -0.295. The number of carbonyl (C=O) groups excluding carboxylic acids is 1. The molecule has 82 valence electrons. The van der Waals surface area contributed by atoms with Gasteiger partial charge >= 0.3 is 0 Å². The number of anilines is 1. The molecule has 15 heavy (non-hydrogen) atoms. The third-order valence-corrected chi connectivity index (χ3v) is 1.85. The van der Waals surface area contributed by atoms with Gasteiger partial charge in [0.05, 0.1) is 18.3 Å². The summed E-state index contributed by atoms with van der Waals surface area (Å²) in [6.07, 6.45) is 2.34. The molecule has 0 aromatic carbocycles. The van der Waals surface area contributed by atoms with E-state index < -0.39 is 0 Å². The summed E-state index contributed by atoms with van der Waals surface area (Å²) < 4.78 is 0. The highest BCUT2D eigenvalue weighted by Crippen LogP contribution is 2.01. The average Bonchev–Trinajstić information content (AvgIpc) is 2.22. The van der Waals surface area contributed by atoms with Crippen LogP contribution >= 0.6 is 0 Å². The lowest BCUT2D eigenvalue weighted by Crippen LogP contribution is -2.26. The molecule has 1 aromatic rings. The van der Waals surface area contributed by atoms with Crippen molar-refractivity contribution in [3.8, 4) is 0 Å². The van der Waals surface area contributed by atoms with Crippen LogP contribution in [-0.2, 0) is 11.2 Å². The highest BCUT2D eigenvalue weighted by Gasteiger charge is 2.03. The minimum absolute atomic E-state index is 0.0837. The number of nitrogens with one attached hydrogen (secondary N) is 1. The van der Waals surface area contributed by atoms with Crippen LogP contribution in [0.15, 0.2) is 18.3 Å². The van der Waals surface area contributed by atoms with Crippen LogP contribution in [0, 0.1) is 0 Å². The average molecular weight is 209 g/mol. The Labute approximate surface area is 88.3 Å². The van der Waals surface area contributed by atoms with Crippen molar-refractivity contribution in [3.05, 3.63) is 24.0 Å². The number of amides is 1. The van der Waals surface area contributed by atoms with E-state index in [-0.39, 0.29) is 18.9 Å². The van der Waals surface area contributed by atoms with Crippen LogP contribution in [0.2, 0.25) is 0 Å². The zero-order valence-corrected chi connectivity index (χ0v) is 8.44. The third kappa shape index (κ3) is 4.42. The van der Waals surface area contributed by atoms with E-state index in [1.807, 2.05) is 0 Å². The lowest BCUT2D eigenvalue weighted by molar-refractivity contribution is -0.120. The van der Waals surface area contributed by atoms with Gasteiger partial charge in [-0.2, -0.15) is 0 Å². The van der Waals surface area contributed by atoms with Gasteiger partial charge in [0.1, 0.15) is 0 Å². The molecule has 1 heterocycles. The van der Waals surface area contributed by atoms with Crippen LogP contribution in [0.25, 0.3) is 0 Å². The van der Waals surface area contributed by atoms with Crippen molar-refractivity contribution in [2.24, 2.45) is 0 Å². The molecule has 0 saturated heterocycles. The maximum atomic E-state index is 11.3. The number of hydrogen-bond acceptors (Lipinski definition) is 4. The molecule has 0 radical (unpaired) electrons. The van der Waals surface area contributed by atoms with Gasteiger partial charge in [0.15, 0.2) is 0 Å². The Hall–Kier alpha value is -1.62. The molecule has 0 aliphatic heterocycles. The van der Waals surface area contributed by atoms with E-state index in [0.29, 0.717) is 24.3 Å². The van der Waals surface area contributed by atoms with Crippen molar-refractivity contribution in [1.82, 2.24) is 10.3 Å². The van der Waals surface area contributed by atoms with Crippen LogP contribution in [0.1, 0.15) is 12.1 Å². The molecule has 4 N–H and O–H groups in total. The van der Waals surface area contributed by atoms with Gasteiger partial charge < -0.3 is 16.2 Å². The molecule has 1 rings (SSSR count). The Bertz CT molecular complexity index is 311. The van der Waals surface area contributed by atoms with E-state index in [0.717, 1.165) is 0 Å². The molecule has 0 spiro atoms. The van der Waals surface area contributed by atoms with Crippen molar-refractivity contribution in [3.63, 3.8) is 0 Å². The van der Waals surface area contributed by atoms with Gasteiger partial charge in [0.25, 0.3) is 0 Å². The number of carbonyl (C=O) groups is 1. The Balaban J connectivity index is 2.34. The molecule has 0 bridgehead atoms. The van der Waals surface area contributed by atoms with E-state index in [1.165, 1.54) is 6.20 Å². The minimum atomic E-state index is -0.0966. The zero-order valence-electron chi connectivity index (χ0n) is 8.44. The molecule has 5 heteroatoms. The number of aliphatic hydroxyl groups is 1. The maximum Gasteiger partial charge on any atom is 0.226 e. The molecule has 1 amide bonds. The fourth-order valence-electron chi connectivity index (χ4n) is 1.07. The molecule has 0 fully saturated rings. The molecule has 0 aliphatic carbocycles. The van der Waals surface area contributed by atoms with E-state index in [4.69, 9.17) is 10.8 Å². The molecule has 5 nitrogen and oxygen atoms in total. The topological polar surface area (TPSA) is 88.2 Å². The SMILES string of the molecule is Nc1ccc(CC(=O)NCCCO)nc1. The Morgan fingerprint density at radius 2 is 2.33 bits per heavy atom. The maximum absolute atomic E-state index is 11.3. The number of hydrogen-bond donors (Lipinski definition) is 3. The van der Waals surface area contributed by atoms with Crippen LogP contribution in [0.3, 0.4) is 0 Å². The Kier molecular flexibility index (Phi) is 4.56. The number of nitrogens with zero attached hydrogens (tertiary/aromatic N) is 1. The number of rotatable bonds is 5. The quantitative estimate of drug-likeness (QED) is 0.581. The molecule has 0 saturated carbocycles. The van der Waals surface area contributed by atoms with Gasteiger partial charge in [0.2, 0.25) is 5.91 Å². The Morgan fingerprint density at radius 3 is 2.93 bits per heavy atom.